The van der Waals surface area contributed by atoms with Gasteiger partial charge in [-0.25, -0.2) is 4.98 Å². The molecule has 182 valence electrons. The minimum absolute atomic E-state index is 0.0838. The molecule has 7 nitrogen and oxygen atoms in total. The smallest absolute Gasteiger partial charge is 0.419 e. The Labute approximate surface area is 205 Å². The molecular formula is C24H22F3N5O2S. The fourth-order valence-electron chi connectivity index (χ4n) is 4.93. The highest BCUT2D eigenvalue weighted by Crippen LogP contribution is 2.48. The maximum atomic E-state index is 13.5. The maximum absolute atomic E-state index is 13.5. The fourth-order valence-corrected chi connectivity index (χ4v) is 5.40. The van der Waals surface area contributed by atoms with Crippen LogP contribution in [0.25, 0.3) is 0 Å². The number of hydrogen-bond donors (Lipinski definition) is 0. The van der Waals surface area contributed by atoms with Crippen LogP contribution in [0.3, 0.4) is 0 Å². The average Bonchev–Trinajstić information content (AvgIpc) is 3.02. The van der Waals surface area contributed by atoms with Gasteiger partial charge in [-0.2, -0.15) is 18.4 Å². The second kappa shape index (κ2) is 8.46. The lowest BCUT2D eigenvalue weighted by atomic mass is 9.75. The number of likely N-dealkylation sites (tertiary alicyclic amines) is 1. The van der Waals surface area contributed by atoms with Crippen LogP contribution in [0.5, 0.6) is 5.75 Å². The average molecular weight is 502 g/mol. The SMILES string of the molecule is CN1CC(COc2ccc(N3C(=S)N(c4cnc(C#N)c(C(F)(F)F)c4)C(=O)C34CCC4)cc2)C1. The van der Waals surface area contributed by atoms with Crippen molar-refractivity contribution in [1.29, 1.82) is 5.26 Å². The maximum Gasteiger partial charge on any atom is 0.419 e. The van der Waals surface area contributed by atoms with Crippen molar-refractivity contribution in [2.45, 2.75) is 31.0 Å². The standard InChI is InChI=1S/C24H22F3N5O2S/c1-30-12-15(13-30)14-34-18-5-3-16(4-6-18)32-22(35)31(21(33)23(32)7-2-8-23)17-9-19(24(25,26)27)20(10-28)29-11-17/h3-6,9,11,15H,2,7-8,12-14H2,1H3. The van der Waals surface area contributed by atoms with Crippen molar-refractivity contribution in [1.82, 2.24) is 9.88 Å². The van der Waals surface area contributed by atoms with Gasteiger partial charge in [-0.15, -0.1) is 0 Å². The van der Waals surface area contributed by atoms with Gasteiger partial charge in [0.15, 0.2) is 10.8 Å². The first-order valence-corrected chi connectivity index (χ1v) is 11.6. The molecule has 1 saturated carbocycles. The van der Waals surface area contributed by atoms with E-state index in [1.165, 1.54) is 6.07 Å². The molecule has 0 bridgehead atoms. The summed E-state index contributed by atoms with van der Waals surface area (Å²) in [6.07, 6.45) is -1.84. The van der Waals surface area contributed by atoms with Crippen molar-refractivity contribution in [3.05, 3.63) is 47.8 Å². The normalized spacial score (nSPS) is 20.1. The van der Waals surface area contributed by atoms with Crippen LogP contribution in [0, 0.1) is 17.2 Å². The summed E-state index contributed by atoms with van der Waals surface area (Å²) >= 11 is 5.62. The van der Waals surface area contributed by atoms with Crippen molar-refractivity contribution in [3.63, 3.8) is 0 Å². The number of pyridine rings is 1. The second-order valence-corrected chi connectivity index (χ2v) is 9.60. The van der Waals surface area contributed by atoms with E-state index in [1.807, 2.05) is 24.3 Å². The minimum atomic E-state index is -4.79. The van der Waals surface area contributed by atoms with Gasteiger partial charge in [-0.05, 0) is 68.9 Å². The molecule has 1 aromatic heterocycles. The van der Waals surface area contributed by atoms with Crippen molar-refractivity contribution in [2.24, 2.45) is 5.92 Å². The van der Waals surface area contributed by atoms with E-state index in [9.17, 15) is 18.0 Å². The van der Waals surface area contributed by atoms with E-state index in [0.29, 0.717) is 36.8 Å². The summed E-state index contributed by atoms with van der Waals surface area (Å²) < 4.78 is 46.4. The molecule has 3 heterocycles. The van der Waals surface area contributed by atoms with Crippen LogP contribution in [0.15, 0.2) is 36.5 Å². The zero-order chi connectivity index (χ0) is 25.0. The molecule has 2 saturated heterocycles. The molecule has 0 unspecified atom stereocenters. The third kappa shape index (κ3) is 3.90. The van der Waals surface area contributed by atoms with Gasteiger partial charge < -0.3 is 14.5 Å². The Hall–Kier alpha value is -3.23. The molecule has 1 amide bonds. The molecule has 3 aliphatic rings. The van der Waals surface area contributed by atoms with Crippen molar-refractivity contribution in [3.8, 4) is 11.8 Å². The molecule has 11 heteroatoms. The third-order valence-corrected chi connectivity index (χ3v) is 7.22. The number of hydrogen-bond acceptors (Lipinski definition) is 6. The van der Waals surface area contributed by atoms with E-state index in [0.717, 1.165) is 36.7 Å². The molecule has 1 spiro atoms. The summed E-state index contributed by atoms with van der Waals surface area (Å²) in [5.74, 6) is 0.811. The molecule has 0 N–H and O–H groups in total. The topological polar surface area (TPSA) is 72.7 Å². The number of benzene rings is 1. The van der Waals surface area contributed by atoms with Gasteiger partial charge in [0.05, 0.1) is 24.1 Å². The van der Waals surface area contributed by atoms with E-state index in [2.05, 4.69) is 16.9 Å². The van der Waals surface area contributed by atoms with E-state index in [-0.39, 0.29) is 16.7 Å². The summed E-state index contributed by atoms with van der Waals surface area (Å²) in [4.78, 5) is 22.2. The van der Waals surface area contributed by atoms with E-state index < -0.39 is 23.0 Å². The van der Waals surface area contributed by atoms with Crippen LogP contribution < -0.4 is 14.5 Å². The number of nitriles is 1. The number of nitrogens with zero attached hydrogens (tertiary/aromatic N) is 5. The van der Waals surface area contributed by atoms with Gasteiger partial charge in [0.2, 0.25) is 0 Å². The molecular weight excluding hydrogens is 479 g/mol. The molecule has 2 aromatic rings. The first-order valence-electron chi connectivity index (χ1n) is 11.2. The highest BCUT2D eigenvalue weighted by atomic mass is 32.1. The molecule has 0 radical (unpaired) electrons. The first-order chi connectivity index (χ1) is 16.6. The molecule has 35 heavy (non-hydrogen) atoms. The lowest BCUT2D eigenvalue weighted by Gasteiger charge is -2.43. The number of anilines is 2. The number of aromatic nitrogens is 1. The molecule has 2 aliphatic heterocycles. The molecule has 0 atom stereocenters. The van der Waals surface area contributed by atoms with Gasteiger partial charge >= 0.3 is 6.18 Å². The van der Waals surface area contributed by atoms with E-state index in [1.54, 1.807) is 4.90 Å². The summed E-state index contributed by atoms with van der Waals surface area (Å²) in [6, 6.07) is 9.46. The van der Waals surface area contributed by atoms with Gasteiger partial charge in [0.25, 0.3) is 5.91 Å². The Kier molecular flexibility index (Phi) is 5.68. The van der Waals surface area contributed by atoms with Crippen molar-refractivity contribution in [2.75, 3.05) is 36.5 Å². The lowest BCUT2D eigenvalue weighted by Crippen LogP contribution is -2.55. The number of alkyl halides is 3. The Morgan fingerprint density at radius 2 is 1.91 bits per heavy atom. The summed E-state index contributed by atoms with van der Waals surface area (Å²) in [5, 5.41) is 9.13. The fraction of sp³-hybridized carbons (Fsp3) is 0.417. The largest absolute Gasteiger partial charge is 0.493 e. The number of carbonyl (C=O) groups excluding carboxylic acids is 1. The summed E-state index contributed by atoms with van der Waals surface area (Å²) in [5.41, 5.74) is -2.33. The van der Waals surface area contributed by atoms with Crippen LogP contribution in [-0.2, 0) is 11.0 Å². The number of carbonyl (C=O) groups is 1. The number of thiocarbonyl (C=S) groups is 1. The summed E-state index contributed by atoms with van der Waals surface area (Å²) in [6.45, 7) is 2.62. The summed E-state index contributed by atoms with van der Waals surface area (Å²) in [7, 11) is 2.06. The molecule has 1 aliphatic carbocycles. The Balaban J connectivity index is 1.43. The zero-order valence-electron chi connectivity index (χ0n) is 18.9. The predicted molar refractivity (Wildman–Crippen MR) is 126 cm³/mol. The van der Waals surface area contributed by atoms with Crippen LogP contribution in [0.2, 0.25) is 0 Å². The predicted octanol–water partition coefficient (Wildman–Crippen LogP) is 3.97. The minimum Gasteiger partial charge on any atom is -0.493 e. The molecule has 5 rings (SSSR count). The monoisotopic (exact) mass is 501 g/mol. The van der Waals surface area contributed by atoms with Gasteiger partial charge in [0.1, 0.15) is 17.4 Å². The number of rotatable bonds is 5. The van der Waals surface area contributed by atoms with Crippen LogP contribution in [0.4, 0.5) is 24.5 Å². The Morgan fingerprint density at radius 3 is 2.46 bits per heavy atom. The number of halogens is 3. The van der Waals surface area contributed by atoms with E-state index >= 15 is 0 Å². The molecule has 1 aromatic carbocycles. The highest BCUT2D eigenvalue weighted by molar-refractivity contribution is 7.81. The third-order valence-electron chi connectivity index (χ3n) is 6.86. The van der Waals surface area contributed by atoms with Gasteiger partial charge in [-0.3, -0.25) is 9.69 Å². The van der Waals surface area contributed by atoms with Crippen LogP contribution in [-0.4, -0.2) is 53.2 Å². The lowest BCUT2D eigenvalue weighted by molar-refractivity contribution is -0.138. The molecule has 3 fully saturated rings. The Morgan fingerprint density at radius 1 is 1.23 bits per heavy atom. The zero-order valence-corrected chi connectivity index (χ0v) is 19.7. The van der Waals surface area contributed by atoms with Crippen molar-refractivity contribution >= 4 is 34.6 Å². The highest BCUT2D eigenvalue weighted by Gasteiger charge is 2.59. The van der Waals surface area contributed by atoms with Crippen molar-refractivity contribution < 1.29 is 22.7 Å². The quantitative estimate of drug-likeness (QED) is 0.574. The van der Waals surface area contributed by atoms with Gasteiger partial charge in [0, 0.05) is 24.7 Å². The van der Waals surface area contributed by atoms with E-state index in [4.69, 9.17) is 22.2 Å². The van der Waals surface area contributed by atoms with Crippen LogP contribution >= 0.6 is 12.2 Å². The van der Waals surface area contributed by atoms with Crippen LogP contribution in [0.1, 0.15) is 30.5 Å². The first kappa shape index (κ1) is 23.5. The second-order valence-electron chi connectivity index (χ2n) is 9.24. The van der Waals surface area contributed by atoms with Gasteiger partial charge in [-0.1, -0.05) is 0 Å². The number of ether oxygens (including phenoxy) is 1. The number of amides is 1. The Bertz CT molecular complexity index is 1220.